The molecule has 15 heavy (non-hydrogen) atoms. The number of rotatable bonds is 11. The predicted molar refractivity (Wildman–Crippen MR) is 65.9 cm³/mol. The summed E-state index contributed by atoms with van der Waals surface area (Å²) >= 11 is 0. The monoisotopic (exact) mass is 213 g/mol. The third-order valence-electron chi connectivity index (χ3n) is 2.87. The molecule has 1 amide bonds. The van der Waals surface area contributed by atoms with E-state index in [0.717, 1.165) is 19.3 Å². The van der Waals surface area contributed by atoms with Crippen LogP contribution in [-0.2, 0) is 4.79 Å². The first kappa shape index (κ1) is 14.5. The van der Waals surface area contributed by atoms with Gasteiger partial charge < -0.3 is 5.32 Å². The average molecular weight is 213 g/mol. The molecule has 1 unspecified atom stereocenters. The van der Waals surface area contributed by atoms with Crippen molar-refractivity contribution in [2.45, 2.75) is 77.7 Å². The molecule has 0 rings (SSSR count). The molecule has 0 fully saturated rings. The zero-order chi connectivity index (χ0) is 11.4. The summed E-state index contributed by atoms with van der Waals surface area (Å²) in [4.78, 5) is 10.4. The highest BCUT2D eigenvalue weighted by Crippen LogP contribution is 2.11. The Hall–Kier alpha value is -0.530. The van der Waals surface area contributed by atoms with E-state index in [9.17, 15) is 4.79 Å². The molecule has 1 atom stereocenters. The van der Waals surface area contributed by atoms with Gasteiger partial charge in [-0.25, -0.2) is 0 Å². The van der Waals surface area contributed by atoms with Gasteiger partial charge >= 0.3 is 0 Å². The maximum atomic E-state index is 10.4. The fourth-order valence-electron chi connectivity index (χ4n) is 1.85. The van der Waals surface area contributed by atoms with Gasteiger partial charge in [-0.15, -0.1) is 0 Å². The maximum Gasteiger partial charge on any atom is 0.207 e. The minimum Gasteiger partial charge on any atom is -0.356 e. The molecule has 0 aliphatic heterocycles. The second-order valence-corrected chi connectivity index (χ2v) is 4.33. The Kier molecular flexibility index (Phi) is 11.1. The summed E-state index contributed by atoms with van der Waals surface area (Å²) in [6, 6.07) is 0.420. The lowest BCUT2D eigenvalue weighted by molar-refractivity contribution is -0.110. The van der Waals surface area contributed by atoms with Gasteiger partial charge in [-0.2, -0.15) is 0 Å². The summed E-state index contributed by atoms with van der Waals surface area (Å²) in [5.41, 5.74) is 0. The van der Waals surface area contributed by atoms with E-state index in [-0.39, 0.29) is 0 Å². The van der Waals surface area contributed by atoms with Crippen molar-refractivity contribution < 1.29 is 4.79 Å². The summed E-state index contributed by atoms with van der Waals surface area (Å²) in [5, 5.41) is 2.93. The zero-order valence-electron chi connectivity index (χ0n) is 10.4. The summed E-state index contributed by atoms with van der Waals surface area (Å²) in [6.07, 6.45) is 12.2. The molecule has 0 saturated heterocycles. The van der Waals surface area contributed by atoms with E-state index < -0.39 is 0 Å². The first-order valence-electron chi connectivity index (χ1n) is 6.54. The van der Waals surface area contributed by atoms with Gasteiger partial charge in [0.15, 0.2) is 0 Å². The van der Waals surface area contributed by atoms with Crippen LogP contribution in [0.25, 0.3) is 0 Å². The molecule has 2 heteroatoms. The fourth-order valence-corrected chi connectivity index (χ4v) is 1.85. The maximum absolute atomic E-state index is 10.4. The smallest absolute Gasteiger partial charge is 0.207 e. The van der Waals surface area contributed by atoms with E-state index in [1.807, 2.05) is 0 Å². The van der Waals surface area contributed by atoms with Crippen LogP contribution in [0.15, 0.2) is 0 Å². The van der Waals surface area contributed by atoms with Crippen molar-refractivity contribution in [2.24, 2.45) is 0 Å². The second-order valence-electron chi connectivity index (χ2n) is 4.33. The molecule has 0 aromatic rings. The molecule has 0 aromatic heterocycles. The molecule has 0 aliphatic carbocycles. The van der Waals surface area contributed by atoms with E-state index in [2.05, 4.69) is 19.2 Å². The third-order valence-corrected chi connectivity index (χ3v) is 2.87. The number of carbonyl (C=O) groups is 1. The number of nitrogens with one attached hydrogen (secondary N) is 1. The Morgan fingerprint density at radius 3 is 2.13 bits per heavy atom. The summed E-state index contributed by atoms with van der Waals surface area (Å²) in [7, 11) is 0. The predicted octanol–water partition coefficient (Wildman–Crippen LogP) is 3.65. The molecule has 0 spiro atoms. The largest absolute Gasteiger partial charge is 0.356 e. The van der Waals surface area contributed by atoms with Crippen LogP contribution in [0.4, 0.5) is 0 Å². The number of unbranched alkanes of at least 4 members (excludes halogenated alkanes) is 5. The van der Waals surface area contributed by atoms with Crippen molar-refractivity contribution >= 4 is 6.41 Å². The minimum atomic E-state index is 0.420. The van der Waals surface area contributed by atoms with Crippen LogP contribution in [0.2, 0.25) is 0 Å². The van der Waals surface area contributed by atoms with Crippen molar-refractivity contribution in [2.75, 3.05) is 0 Å². The van der Waals surface area contributed by atoms with Gasteiger partial charge in [0.1, 0.15) is 0 Å². The molecule has 0 saturated carbocycles. The lowest BCUT2D eigenvalue weighted by Crippen LogP contribution is -2.27. The van der Waals surface area contributed by atoms with Crippen LogP contribution in [0.3, 0.4) is 0 Å². The lowest BCUT2D eigenvalue weighted by atomic mass is 10.0. The van der Waals surface area contributed by atoms with Crippen molar-refractivity contribution in [3.63, 3.8) is 0 Å². The van der Waals surface area contributed by atoms with Crippen LogP contribution < -0.4 is 5.32 Å². The molecule has 0 aromatic carbocycles. The number of hydrogen-bond acceptors (Lipinski definition) is 1. The van der Waals surface area contributed by atoms with Crippen molar-refractivity contribution in [1.29, 1.82) is 0 Å². The van der Waals surface area contributed by atoms with Gasteiger partial charge in [0.05, 0.1) is 0 Å². The normalized spacial score (nSPS) is 12.4. The van der Waals surface area contributed by atoms with Crippen molar-refractivity contribution in [3.8, 4) is 0 Å². The van der Waals surface area contributed by atoms with Crippen LogP contribution in [0, 0.1) is 0 Å². The highest BCUT2D eigenvalue weighted by molar-refractivity contribution is 5.46. The van der Waals surface area contributed by atoms with Crippen LogP contribution in [-0.4, -0.2) is 12.5 Å². The van der Waals surface area contributed by atoms with Gasteiger partial charge in [-0.05, 0) is 12.8 Å². The third kappa shape index (κ3) is 9.77. The van der Waals surface area contributed by atoms with E-state index in [1.54, 1.807) is 0 Å². The van der Waals surface area contributed by atoms with E-state index >= 15 is 0 Å². The molecular formula is C13H27NO. The Balaban J connectivity index is 3.42. The molecule has 0 bridgehead atoms. The fraction of sp³-hybridized carbons (Fsp3) is 0.923. The van der Waals surface area contributed by atoms with Gasteiger partial charge in [0.25, 0.3) is 0 Å². The van der Waals surface area contributed by atoms with Gasteiger partial charge in [0.2, 0.25) is 6.41 Å². The highest BCUT2D eigenvalue weighted by Gasteiger charge is 2.05. The van der Waals surface area contributed by atoms with E-state index in [0.29, 0.717) is 6.04 Å². The quantitative estimate of drug-likeness (QED) is 0.412. The van der Waals surface area contributed by atoms with E-state index in [1.165, 1.54) is 44.9 Å². The number of amides is 1. The van der Waals surface area contributed by atoms with Crippen LogP contribution >= 0.6 is 0 Å². The summed E-state index contributed by atoms with van der Waals surface area (Å²) < 4.78 is 0. The van der Waals surface area contributed by atoms with Gasteiger partial charge in [0, 0.05) is 6.04 Å². The SMILES string of the molecule is CCCCCCCC(CCCC)NC=O. The van der Waals surface area contributed by atoms with Gasteiger partial charge in [-0.1, -0.05) is 58.8 Å². The van der Waals surface area contributed by atoms with Crippen molar-refractivity contribution in [3.05, 3.63) is 0 Å². The Morgan fingerprint density at radius 1 is 0.933 bits per heavy atom. The molecule has 90 valence electrons. The van der Waals surface area contributed by atoms with Crippen molar-refractivity contribution in [1.82, 2.24) is 5.32 Å². The topological polar surface area (TPSA) is 29.1 Å². The van der Waals surface area contributed by atoms with Crippen LogP contribution in [0.1, 0.15) is 71.6 Å². The highest BCUT2D eigenvalue weighted by atomic mass is 16.1. The minimum absolute atomic E-state index is 0.420. The van der Waals surface area contributed by atoms with Crippen LogP contribution in [0.5, 0.6) is 0 Å². The first-order chi connectivity index (χ1) is 7.35. The Labute approximate surface area is 94.8 Å². The standard InChI is InChI=1S/C13H27NO/c1-3-5-7-8-9-11-13(14-12-15)10-6-4-2/h12-13H,3-11H2,1-2H3,(H,14,15). The molecule has 1 N–H and O–H groups in total. The summed E-state index contributed by atoms with van der Waals surface area (Å²) in [5.74, 6) is 0. The Morgan fingerprint density at radius 2 is 1.53 bits per heavy atom. The number of hydrogen-bond donors (Lipinski definition) is 1. The average Bonchev–Trinajstić information content (AvgIpc) is 2.25. The zero-order valence-corrected chi connectivity index (χ0v) is 10.4. The van der Waals surface area contributed by atoms with Gasteiger partial charge in [-0.3, -0.25) is 4.79 Å². The molecule has 0 aliphatic rings. The number of carbonyl (C=O) groups excluding carboxylic acids is 1. The van der Waals surface area contributed by atoms with E-state index in [4.69, 9.17) is 0 Å². The first-order valence-corrected chi connectivity index (χ1v) is 6.54. The molecular weight excluding hydrogens is 186 g/mol. The second kappa shape index (κ2) is 11.5. The Bertz CT molecular complexity index is 136. The molecule has 2 nitrogen and oxygen atoms in total. The molecule has 0 heterocycles. The molecule has 0 radical (unpaired) electrons. The lowest BCUT2D eigenvalue weighted by Gasteiger charge is -2.15. The summed E-state index contributed by atoms with van der Waals surface area (Å²) in [6.45, 7) is 4.43.